The minimum absolute atomic E-state index is 0.00770. The summed E-state index contributed by atoms with van der Waals surface area (Å²) in [6.07, 6.45) is 3.78. The van der Waals surface area contributed by atoms with Crippen molar-refractivity contribution in [1.29, 1.82) is 0 Å². The average molecular weight is 269 g/mol. The van der Waals surface area contributed by atoms with E-state index in [1.165, 1.54) is 5.56 Å². The van der Waals surface area contributed by atoms with Crippen LogP contribution in [0, 0.1) is 12.8 Å². The van der Waals surface area contributed by atoms with Crippen molar-refractivity contribution in [1.82, 2.24) is 9.97 Å². The van der Waals surface area contributed by atoms with Crippen LogP contribution in [0.1, 0.15) is 25.8 Å². The lowest BCUT2D eigenvalue weighted by atomic mass is 10.1. The predicted molar refractivity (Wildman–Crippen MR) is 80.3 cm³/mol. The van der Waals surface area contributed by atoms with Crippen molar-refractivity contribution in [3.8, 4) is 11.4 Å². The zero-order valence-electron chi connectivity index (χ0n) is 12.1. The number of nitrogens with zero attached hydrogens (tertiary/aromatic N) is 2. The third-order valence-electron chi connectivity index (χ3n) is 2.84. The number of aromatic nitrogens is 2. The first-order chi connectivity index (χ1) is 9.54. The Bertz CT molecular complexity index is 574. The first-order valence-corrected chi connectivity index (χ1v) is 6.73. The molecule has 1 N–H and O–H groups in total. The molecular weight excluding hydrogens is 250 g/mol. The van der Waals surface area contributed by atoms with Gasteiger partial charge in [-0.3, -0.25) is 4.79 Å². The summed E-state index contributed by atoms with van der Waals surface area (Å²) in [5, 5.41) is 2.80. The zero-order valence-corrected chi connectivity index (χ0v) is 12.1. The van der Waals surface area contributed by atoms with Gasteiger partial charge in [-0.2, -0.15) is 0 Å². The molecule has 2 aromatic rings. The Labute approximate surface area is 119 Å². The second-order valence-corrected chi connectivity index (χ2v) is 5.31. The van der Waals surface area contributed by atoms with Crippen LogP contribution in [-0.4, -0.2) is 15.9 Å². The van der Waals surface area contributed by atoms with Crippen LogP contribution < -0.4 is 5.32 Å². The van der Waals surface area contributed by atoms with Gasteiger partial charge in [0.15, 0.2) is 5.82 Å². The highest BCUT2D eigenvalue weighted by Gasteiger charge is 2.06. The Balaban J connectivity index is 2.06. The predicted octanol–water partition coefficient (Wildman–Crippen LogP) is 3.44. The number of hydrogen-bond donors (Lipinski definition) is 1. The van der Waals surface area contributed by atoms with Crippen molar-refractivity contribution in [2.75, 3.05) is 5.32 Å². The minimum Gasteiger partial charge on any atom is -0.323 e. The van der Waals surface area contributed by atoms with E-state index in [0.717, 1.165) is 5.56 Å². The Morgan fingerprint density at radius 1 is 1.15 bits per heavy atom. The van der Waals surface area contributed by atoms with Crippen molar-refractivity contribution in [3.05, 3.63) is 42.2 Å². The molecule has 0 spiro atoms. The molecule has 20 heavy (non-hydrogen) atoms. The molecule has 0 aliphatic heterocycles. The molecule has 0 unspecified atom stereocenters. The van der Waals surface area contributed by atoms with Crippen LogP contribution in [0.2, 0.25) is 0 Å². The molecule has 0 aliphatic carbocycles. The van der Waals surface area contributed by atoms with Gasteiger partial charge in [0.25, 0.3) is 0 Å². The number of anilines is 1. The van der Waals surface area contributed by atoms with Crippen LogP contribution in [-0.2, 0) is 4.79 Å². The Morgan fingerprint density at radius 2 is 1.75 bits per heavy atom. The van der Waals surface area contributed by atoms with Crippen LogP contribution >= 0.6 is 0 Å². The second-order valence-electron chi connectivity index (χ2n) is 5.31. The highest BCUT2D eigenvalue weighted by atomic mass is 16.1. The number of amides is 1. The van der Waals surface area contributed by atoms with Crippen LogP contribution in [0.4, 0.5) is 5.69 Å². The first kappa shape index (κ1) is 14.2. The van der Waals surface area contributed by atoms with Gasteiger partial charge >= 0.3 is 0 Å². The fourth-order valence-corrected chi connectivity index (χ4v) is 1.83. The van der Waals surface area contributed by atoms with Crippen LogP contribution in [0.15, 0.2) is 36.7 Å². The van der Waals surface area contributed by atoms with Gasteiger partial charge in [0, 0.05) is 12.0 Å². The van der Waals surface area contributed by atoms with Gasteiger partial charge in [-0.1, -0.05) is 43.7 Å². The summed E-state index contributed by atoms with van der Waals surface area (Å²) in [6, 6.07) is 8.03. The number of aryl methyl sites for hydroxylation is 1. The molecule has 2 rings (SSSR count). The van der Waals surface area contributed by atoms with Gasteiger partial charge in [-0.05, 0) is 12.8 Å². The third kappa shape index (κ3) is 3.88. The summed E-state index contributed by atoms with van der Waals surface area (Å²) in [5.74, 6) is 0.987. The smallest absolute Gasteiger partial charge is 0.224 e. The molecule has 1 amide bonds. The molecule has 1 aromatic heterocycles. The van der Waals surface area contributed by atoms with E-state index in [0.29, 0.717) is 23.9 Å². The van der Waals surface area contributed by atoms with Crippen LogP contribution in [0.25, 0.3) is 11.4 Å². The van der Waals surface area contributed by atoms with Crippen molar-refractivity contribution in [2.24, 2.45) is 5.92 Å². The molecular formula is C16H19N3O. The van der Waals surface area contributed by atoms with Gasteiger partial charge in [0.1, 0.15) is 0 Å². The molecule has 0 bridgehead atoms. The summed E-state index contributed by atoms with van der Waals surface area (Å²) in [6.45, 7) is 6.06. The number of benzene rings is 1. The second kappa shape index (κ2) is 6.28. The molecule has 0 fully saturated rings. The van der Waals surface area contributed by atoms with E-state index in [4.69, 9.17) is 0 Å². The lowest BCUT2D eigenvalue weighted by Gasteiger charge is -2.07. The summed E-state index contributed by atoms with van der Waals surface area (Å²) in [7, 11) is 0. The molecule has 104 valence electrons. The van der Waals surface area contributed by atoms with E-state index in [9.17, 15) is 4.79 Å². The monoisotopic (exact) mass is 269 g/mol. The first-order valence-electron chi connectivity index (χ1n) is 6.73. The molecule has 0 atom stereocenters. The molecule has 4 heteroatoms. The molecule has 0 saturated carbocycles. The van der Waals surface area contributed by atoms with Gasteiger partial charge in [0.2, 0.25) is 5.91 Å². The Hall–Kier alpha value is -2.23. The SMILES string of the molecule is Cc1ccc(-c2ncc(NC(=O)CC(C)C)cn2)cc1. The summed E-state index contributed by atoms with van der Waals surface area (Å²) in [5.41, 5.74) is 2.80. The molecule has 0 aliphatic rings. The molecule has 0 radical (unpaired) electrons. The molecule has 4 nitrogen and oxygen atoms in total. The fraction of sp³-hybridized carbons (Fsp3) is 0.312. The quantitative estimate of drug-likeness (QED) is 0.925. The van der Waals surface area contributed by atoms with Gasteiger partial charge in [0.05, 0.1) is 18.1 Å². The lowest BCUT2D eigenvalue weighted by molar-refractivity contribution is -0.116. The van der Waals surface area contributed by atoms with Crippen molar-refractivity contribution in [2.45, 2.75) is 27.2 Å². The lowest BCUT2D eigenvalue weighted by Crippen LogP contribution is -2.14. The van der Waals surface area contributed by atoms with Gasteiger partial charge in [-0.15, -0.1) is 0 Å². The largest absolute Gasteiger partial charge is 0.323 e. The van der Waals surface area contributed by atoms with Crippen molar-refractivity contribution >= 4 is 11.6 Å². The number of nitrogens with one attached hydrogen (secondary N) is 1. The zero-order chi connectivity index (χ0) is 14.5. The average Bonchev–Trinajstić information content (AvgIpc) is 2.39. The maximum Gasteiger partial charge on any atom is 0.224 e. The van der Waals surface area contributed by atoms with Gasteiger partial charge < -0.3 is 5.32 Å². The standard InChI is InChI=1S/C16H19N3O/c1-11(2)8-15(20)19-14-9-17-16(18-10-14)13-6-4-12(3)5-7-13/h4-7,9-11H,8H2,1-3H3,(H,19,20). The highest BCUT2D eigenvalue weighted by Crippen LogP contribution is 2.16. The normalized spacial score (nSPS) is 10.6. The molecule has 1 heterocycles. The summed E-state index contributed by atoms with van der Waals surface area (Å²) < 4.78 is 0. The minimum atomic E-state index is -0.00770. The number of rotatable bonds is 4. The molecule has 1 aromatic carbocycles. The number of carbonyl (C=O) groups is 1. The van der Waals surface area contributed by atoms with Crippen LogP contribution in [0.3, 0.4) is 0 Å². The summed E-state index contributed by atoms with van der Waals surface area (Å²) >= 11 is 0. The van der Waals surface area contributed by atoms with E-state index >= 15 is 0 Å². The van der Waals surface area contributed by atoms with E-state index in [2.05, 4.69) is 15.3 Å². The van der Waals surface area contributed by atoms with E-state index in [1.807, 2.05) is 45.0 Å². The highest BCUT2D eigenvalue weighted by molar-refractivity contribution is 5.90. The Morgan fingerprint density at radius 3 is 2.30 bits per heavy atom. The molecule has 0 saturated heterocycles. The van der Waals surface area contributed by atoms with E-state index in [1.54, 1.807) is 12.4 Å². The maximum atomic E-state index is 11.6. The number of carbonyl (C=O) groups excluding carboxylic acids is 1. The van der Waals surface area contributed by atoms with E-state index in [-0.39, 0.29) is 5.91 Å². The van der Waals surface area contributed by atoms with E-state index < -0.39 is 0 Å². The summed E-state index contributed by atoms with van der Waals surface area (Å²) in [4.78, 5) is 20.2. The van der Waals surface area contributed by atoms with Crippen molar-refractivity contribution in [3.63, 3.8) is 0 Å². The number of hydrogen-bond acceptors (Lipinski definition) is 3. The Kier molecular flexibility index (Phi) is 4.45. The fourth-order valence-electron chi connectivity index (χ4n) is 1.83. The third-order valence-corrected chi connectivity index (χ3v) is 2.84. The van der Waals surface area contributed by atoms with Crippen molar-refractivity contribution < 1.29 is 4.79 Å². The van der Waals surface area contributed by atoms with Gasteiger partial charge in [-0.25, -0.2) is 9.97 Å². The van der Waals surface area contributed by atoms with Crippen LogP contribution in [0.5, 0.6) is 0 Å². The topological polar surface area (TPSA) is 54.9 Å². The maximum absolute atomic E-state index is 11.6.